The molecular weight excluding hydrogens is 398 g/mol. The molecule has 4 aromatic rings. The minimum absolute atomic E-state index is 0.0134. The molecule has 0 amide bonds. The number of rotatable bonds is 7. The van der Waals surface area contributed by atoms with Crippen molar-refractivity contribution in [2.75, 3.05) is 18.2 Å². The second-order valence-electron chi connectivity index (χ2n) is 6.84. The van der Waals surface area contributed by atoms with Crippen LogP contribution >= 0.6 is 0 Å². The number of ether oxygens (including phenoxy) is 2. The van der Waals surface area contributed by atoms with Crippen LogP contribution in [0.5, 0.6) is 0 Å². The molecule has 0 aliphatic rings. The van der Waals surface area contributed by atoms with Crippen molar-refractivity contribution in [3.63, 3.8) is 0 Å². The van der Waals surface area contributed by atoms with Gasteiger partial charge >= 0.3 is 5.97 Å². The van der Waals surface area contributed by atoms with Gasteiger partial charge in [-0.25, -0.2) is 4.79 Å². The highest BCUT2D eigenvalue weighted by Gasteiger charge is 2.22. The first-order valence-corrected chi connectivity index (χ1v) is 9.54. The Morgan fingerprint density at radius 3 is 2.61 bits per heavy atom. The smallest absolute Gasteiger partial charge is 0.375 e. The fourth-order valence-electron chi connectivity index (χ4n) is 3.07. The molecule has 158 valence electrons. The summed E-state index contributed by atoms with van der Waals surface area (Å²) in [5.74, 6) is -0.0797. The van der Waals surface area contributed by atoms with Gasteiger partial charge in [0.05, 0.1) is 6.61 Å². The molecule has 0 spiro atoms. The SMILES string of the molecule is COCc1c(C(=O)OCc2nc(N)nc(Nc3ccc(C)cc3)n2)oc2ccccc12. The van der Waals surface area contributed by atoms with Crippen LogP contribution in [0.2, 0.25) is 0 Å². The predicted octanol–water partition coefficient (Wildman–Crippen LogP) is 3.76. The summed E-state index contributed by atoms with van der Waals surface area (Å²) in [6.45, 7) is 2.01. The molecule has 4 rings (SSSR count). The molecule has 2 heterocycles. The van der Waals surface area contributed by atoms with Crippen molar-refractivity contribution in [3.05, 3.63) is 71.2 Å². The largest absolute Gasteiger partial charge is 0.452 e. The van der Waals surface area contributed by atoms with Crippen molar-refractivity contribution in [1.29, 1.82) is 0 Å². The zero-order valence-electron chi connectivity index (χ0n) is 17.1. The lowest BCUT2D eigenvalue weighted by atomic mass is 10.1. The Morgan fingerprint density at radius 2 is 1.84 bits per heavy atom. The third-order valence-corrected chi connectivity index (χ3v) is 4.51. The maximum Gasteiger partial charge on any atom is 0.375 e. The number of nitrogens with two attached hydrogens (primary N) is 1. The highest BCUT2D eigenvalue weighted by atomic mass is 16.5. The maximum atomic E-state index is 12.7. The molecule has 0 saturated carbocycles. The summed E-state index contributed by atoms with van der Waals surface area (Å²) in [5.41, 5.74) is 8.92. The van der Waals surface area contributed by atoms with Crippen molar-refractivity contribution in [1.82, 2.24) is 15.0 Å². The third-order valence-electron chi connectivity index (χ3n) is 4.51. The number of hydrogen-bond acceptors (Lipinski definition) is 9. The van der Waals surface area contributed by atoms with Crippen LogP contribution in [-0.2, 0) is 22.7 Å². The molecule has 31 heavy (non-hydrogen) atoms. The second kappa shape index (κ2) is 8.80. The summed E-state index contributed by atoms with van der Waals surface area (Å²) in [6, 6.07) is 15.0. The normalized spacial score (nSPS) is 10.9. The number of furan rings is 1. The fourth-order valence-corrected chi connectivity index (χ4v) is 3.07. The van der Waals surface area contributed by atoms with Crippen LogP contribution in [0.4, 0.5) is 17.6 Å². The number of benzene rings is 2. The van der Waals surface area contributed by atoms with Crippen molar-refractivity contribution >= 4 is 34.5 Å². The number of anilines is 3. The van der Waals surface area contributed by atoms with Crippen LogP contribution in [0, 0.1) is 6.92 Å². The van der Waals surface area contributed by atoms with Gasteiger partial charge in [0.15, 0.2) is 12.4 Å². The molecule has 0 unspecified atom stereocenters. The zero-order chi connectivity index (χ0) is 21.8. The first-order valence-electron chi connectivity index (χ1n) is 9.54. The van der Waals surface area contributed by atoms with E-state index >= 15 is 0 Å². The number of nitrogens with one attached hydrogen (secondary N) is 1. The summed E-state index contributed by atoms with van der Waals surface area (Å²) in [4.78, 5) is 25.1. The molecule has 9 heteroatoms. The number of aryl methyl sites for hydroxylation is 1. The van der Waals surface area contributed by atoms with Gasteiger partial charge in [-0.05, 0) is 25.1 Å². The monoisotopic (exact) mass is 419 g/mol. The first-order chi connectivity index (χ1) is 15.0. The summed E-state index contributed by atoms with van der Waals surface area (Å²) in [7, 11) is 1.55. The van der Waals surface area contributed by atoms with Gasteiger partial charge < -0.3 is 24.9 Å². The van der Waals surface area contributed by atoms with Gasteiger partial charge in [0.25, 0.3) is 0 Å². The number of nitrogens with zero attached hydrogens (tertiary/aromatic N) is 3. The highest BCUT2D eigenvalue weighted by molar-refractivity contribution is 5.96. The number of aromatic nitrogens is 3. The Labute approximate surface area is 178 Å². The predicted molar refractivity (Wildman–Crippen MR) is 115 cm³/mol. The van der Waals surface area contributed by atoms with E-state index in [-0.39, 0.29) is 36.7 Å². The molecule has 0 saturated heterocycles. The van der Waals surface area contributed by atoms with Crippen molar-refractivity contribution in [2.24, 2.45) is 0 Å². The molecule has 9 nitrogen and oxygen atoms in total. The molecular formula is C22H21N5O4. The molecule has 0 aliphatic carbocycles. The van der Waals surface area contributed by atoms with E-state index < -0.39 is 5.97 Å². The van der Waals surface area contributed by atoms with Crippen molar-refractivity contribution in [2.45, 2.75) is 20.1 Å². The molecule has 2 aromatic carbocycles. The molecule has 0 bridgehead atoms. The van der Waals surface area contributed by atoms with Gasteiger partial charge in [0, 0.05) is 23.7 Å². The average Bonchev–Trinajstić information content (AvgIpc) is 3.12. The first kappa shape index (κ1) is 20.3. The fraction of sp³-hybridized carbons (Fsp3) is 0.182. The van der Waals surface area contributed by atoms with E-state index in [1.54, 1.807) is 13.2 Å². The molecule has 2 aromatic heterocycles. The van der Waals surface area contributed by atoms with E-state index in [4.69, 9.17) is 19.6 Å². The Morgan fingerprint density at radius 1 is 1.06 bits per heavy atom. The molecule has 0 fully saturated rings. The van der Waals surface area contributed by atoms with Crippen LogP contribution in [0.3, 0.4) is 0 Å². The lowest BCUT2D eigenvalue weighted by Gasteiger charge is -2.08. The van der Waals surface area contributed by atoms with Gasteiger partial charge in [0.2, 0.25) is 17.7 Å². The van der Waals surface area contributed by atoms with Crippen molar-refractivity contribution in [3.8, 4) is 0 Å². The average molecular weight is 419 g/mol. The van der Waals surface area contributed by atoms with E-state index in [1.165, 1.54) is 0 Å². The minimum atomic E-state index is -0.643. The molecule has 0 atom stereocenters. The Balaban J connectivity index is 1.51. The lowest BCUT2D eigenvalue weighted by molar-refractivity contribution is 0.0422. The van der Waals surface area contributed by atoms with Crippen molar-refractivity contribution < 1.29 is 18.7 Å². The van der Waals surface area contributed by atoms with E-state index in [0.29, 0.717) is 11.1 Å². The Hall–Kier alpha value is -3.98. The summed E-state index contributed by atoms with van der Waals surface area (Å²) < 4.78 is 16.3. The summed E-state index contributed by atoms with van der Waals surface area (Å²) >= 11 is 0. The van der Waals surface area contributed by atoms with Gasteiger partial charge in [-0.15, -0.1) is 0 Å². The van der Waals surface area contributed by atoms with Gasteiger partial charge in [-0.2, -0.15) is 15.0 Å². The lowest BCUT2D eigenvalue weighted by Crippen LogP contribution is -2.12. The van der Waals surface area contributed by atoms with Crippen LogP contribution in [0.25, 0.3) is 11.0 Å². The number of carbonyl (C=O) groups excluding carboxylic acids is 1. The van der Waals surface area contributed by atoms with E-state index in [0.717, 1.165) is 16.6 Å². The number of nitrogen functional groups attached to an aromatic ring is 1. The van der Waals surface area contributed by atoms with Gasteiger partial charge in [-0.3, -0.25) is 0 Å². The number of esters is 1. The Kier molecular flexibility index (Phi) is 5.76. The number of carbonyl (C=O) groups is 1. The van der Waals surface area contributed by atoms with E-state index in [2.05, 4.69) is 20.3 Å². The topological polar surface area (TPSA) is 125 Å². The van der Waals surface area contributed by atoms with Crippen LogP contribution in [0.15, 0.2) is 52.9 Å². The standard InChI is InChI=1S/C22H21N5O4/c1-13-7-9-14(10-8-13)24-22-26-18(25-21(23)27-22)12-30-20(28)19-16(11-29-2)15-5-3-4-6-17(15)31-19/h3-10H,11-12H2,1-2H3,(H3,23,24,25,26,27). The van der Waals surface area contributed by atoms with Crippen LogP contribution in [-0.4, -0.2) is 28.0 Å². The number of fused-ring (bicyclic) bond motifs is 1. The number of para-hydroxylation sites is 1. The Bertz CT molecular complexity index is 1220. The highest BCUT2D eigenvalue weighted by Crippen LogP contribution is 2.27. The minimum Gasteiger partial charge on any atom is -0.452 e. The molecule has 3 N–H and O–H groups in total. The quantitative estimate of drug-likeness (QED) is 0.431. The maximum absolute atomic E-state index is 12.7. The molecule has 0 radical (unpaired) electrons. The van der Waals surface area contributed by atoms with E-state index in [9.17, 15) is 4.79 Å². The second-order valence-corrected chi connectivity index (χ2v) is 6.84. The molecule has 0 aliphatic heterocycles. The number of methoxy groups -OCH3 is 1. The van der Waals surface area contributed by atoms with Gasteiger partial charge in [0.1, 0.15) is 5.58 Å². The third kappa shape index (κ3) is 4.62. The summed E-state index contributed by atoms with van der Waals surface area (Å²) in [5, 5.41) is 3.85. The number of hydrogen-bond donors (Lipinski definition) is 2. The summed E-state index contributed by atoms with van der Waals surface area (Å²) in [6.07, 6.45) is 0. The zero-order valence-corrected chi connectivity index (χ0v) is 17.1. The van der Waals surface area contributed by atoms with Gasteiger partial charge in [-0.1, -0.05) is 35.9 Å². The van der Waals surface area contributed by atoms with Crippen LogP contribution in [0.1, 0.15) is 27.5 Å². The van der Waals surface area contributed by atoms with E-state index in [1.807, 2.05) is 49.4 Å². The van der Waals surface area contributed by atoms with Crippen LogP contribution < -0.4 is 11.1 Å².